The second-order valence-corrected chi connectivity index (χ2v) is 7.09. The normalized spacial score (nSPS) is 18.0. The lowest BCUT2D eigenvalue weighted by molar-refractivity contribution is -0.384. The molecule has 0 spiro atoms. The molecule has 1 aliphatic rings. The molecule has 0 saturated carbocycles. The third-order valence-corrected chi connectivity index (χ3v) is 4.68. The van der Waals surface area contributed by atoms with Crippen LogP contribution in [0.1, 0.15) is 10.4 Å². The van der Waals surface area contributed by atoms with Crippen LogP contribution in [0.25, 0.3) is 0 Å². The van der Waals surface area contributed by atoms with Crippen molar-refractivity contribution in [3.63, 3.8) is 0 Å². The van der Waals surface area contributed by atoms with E-state index in [-0.39, 0.29) is 32.7 Å². The number of nitro groups is 1. The molecule has 0 radical (unpaired) electrons. The van der Waals surface area contributed by atoms with Gasteiger partial charge in [0.25, 0.3) is 17.3 Å². The van der Waals surface area contributed by atoms with Crippen LogP contribution in [0.15, 0.2) is 65.8 Å². The number of hydrogen-bond donors (Lipinski definition) is 2. The number of dihydropyridines is 1. The van der Waals surface area contributed by atoms with Crippen LogP contribution in [-0.4, -0.2) is 22.7 Å². The molecule has 3 rings (SSSR count). The van der Waals surface area contributed by atoms with Crippen molar-refractivity contribution >= 4 is 40.5 Å². The first-order chi connectivity index (χ1) is 14.5. The molecule has 1 unspecified atom stereocenters. The number of amides is 1. The van der Waals surface area contributed by atoms with E-state index in [1.165, 1.54) is 30.3 Å². The minimum Gasteiger partial charge on any atom is -0.455 e. The molecule has 12 heteroatoms. The number of carbonyl (C=O) groups excluding carboxylic acids is 1. The smallest absolute Gasteiger partial charge is 0.452 e. The van der Waals surface area contributed by atoms with Gasteiger partial charge in [-0.1, -0.05) is 23.2 Å². The van der Waals surface area contributed by atoms with Gasteiger partial charge in [-0.3, -0.25) is 14.9 Å². The number of anilines is 1. The molecule has 162 valence electrons. The van der Waals surface area contributed by atoms with E-state index < -0.39 is 22.7 Å². The van der Waals surface area contributed by atoms with Gasteiger partial charge in [0.05, 0.1) is 20.5 Å². The van der Waals surface area contributed by atoms with Gasteiger partial charge in [-0.25, -0.2) is 0 Å². The molecule has 7 nitrogen and oxygen atoms in total. The second-order valence-electron chi connectivity index (χ2n) is 6.24. The molecule has 1 aliphatic heterocycles. The molecular formula is C19H12Cl2F3N3O4. The second kappa shape index (κ2) is 8.48. The SMILES string of the molecule is O=C(Nc1ccc(OC2(C(F)(F)F)C=CC(Cl)=CN2)cc1)c1cc([N+](=O)[O-])ccc1Cl. The van der Waals surface area contributed by atoms with E-state index in [1.54, 1.807) is 0 Å². The maximum absolute atomic E-state index is 13.5. The van der Waals surface area contributed by atoms with Crippen molar-refractivity contribution in [3.05, 3.63) is 86.5 Å². The Hall–Kier alpha value is -3.24. The number of hydrogen-bond acceptors (Lipinski definition) is 5. The van der Waals surface area contributed by atoms with Crippen LogP contribution < -0.4 is 15.4 Å². The Kier molecular flexibility index (Phi) is 6.14. The average molecular weight is 474 g/mol. The molecular weight excluding hydrogens is 462 g/mol. The van der Waals surface area contributed by atoms with Crippen LogP contribution in [0.2, 0.25) is 5.02 Å². The largest absolute Gasteiger partial charge is 0.455 e. The van der Waals surface area contributed by atoms with Gasteiger partial charge in [0.1, 0.15) is 5.75 Å². The van der Waals surface area contributed by atoms with Gasteiger partial charge in [-0.05, 0) is 42.5 Å². The zero-order valence-electron chi connectivity index (χ0n) is 15.2. The number of nitrogens with zero attached hydrogens (tertiary/aromatic N) is 1. The summed E-state index contributed by atoms with van der Waals surface area (Å²) in [5, 5.41) is 15.5. The highest BCUT2D eigenvalue weighted by molar-refractivity contribution is 6.34. The zero-order valence-corrected chi connectivity index (χ0v) is 16.8. The fraction of sp³-hybridized carbons (Fsp3) is 0.105. The fourth-order valence-electron chi connectivity index (χ4n) is 2.56. The van der Waals surface area contributed by atoms with Gasteiger partial charge < -0.3 is 15.4 Å². The summed E-state index contributed by atoms with van der Waals surface area (Å²) in [5.74, 6) is -0.877. The maximum atomic E-state index is 13.5. The summed E-state index contributed by atoms with van der Waals surface area (Å²) >= 11 is 11.6. The molecule has 2 N–H and O–H groups in total. The van der Waals surface area contributed by atoms with Crippen molar-refractivity contribution in [1.29, 1.82) is 0 Å². The number of rotatable bonds is 5. The quantitative estimate of drug-likeness (QED) is 0.449. The lowest BCUT2D eigenvalue weighted by atomic mass is 10.1. The number of nitrogens with one attached hydrogen (secondary N) is 2. The molecule has 0 saturated heterocycles. The minimum absolute atomic E-state index is 0.00273. The van der Waals surface area contributed by atoms with Crippen LogP contribution >= 0.6 is 23.2 Å². The highest BCUT2D eigenvalue weighted by Crippen LogP contribution is 2.36. The van der Waals surface area contributed by atoms with Gasteiger partial charge in [0.2, 0.25) is 0 Å². The first-order valence-corrected chi connectivity index (χ1v) is 9.20. The maximum Gasteiger partial charge on any atom is 0.452 e. The molecule has 1 heterocycles. The van der Waals surface area contributed by atoms with Gasteiger partial charge >= 0.3 is 6.18 Å². The highest BCUT2D eigenvalue weighted by Gasteiger charge is 2.56. The molecule has 1 atom stereocenters. The Morgan fingerprint density at radius 1 is 1.16 bits per heavy atom. The van der Waals surface area contributed by atoms with Crippen molar-refractivity contribution in [1.82, 2.24) is 5.32 Å². The van der Waals surface area contributed by atoms with E-state index in [4.69, 9.17) is 27.9 Å². The van der Waals surface area contributed by atoms with Crippen molar-refractivity contribution in [3.8, 4) is 5.75 Å². The van der Waals surface area contributed by atoms with Gasteiger partial charge in [-0.15, -0.1) is 0 Å². The molecule has 0 bridgehead atoms. The standard InChI is InChI=1S/C19H12Cl2F3N3O4/c20-11-7-8-18(25-10-11,19(22,23)24)31-14-4-1-12(2-5-14)26-17(28)15-9-13(27(29)30)3-6-16(15)21/h1-10,25H,(H,26,28). The zero-order chi connectivity index (χ0) is 22.8. The number of halogens is 5. The summed E-state index contributed by atoms with van der Waals surface area (Å²) in [7, 11) is 0. The third kappa shape index (κ3) is 4.92. The van der Waals surface area contributed by atoms with Crippen molar-refractivity contribution in [2.24, 2.45) is 0 Å². The molecule has 2 aromatic rings. The number of allylic oxidation sites excluding steroid dienone is 2. The number of carbonyl (C=O) groups is 1. The van der Waals surface area contributed by atoms with Crippen LogP contribution in [-0.2, 0) is 0 Å². The third-order valence-electron chi connectivity index (χ3n) is 4.12. The Morgan fingerprint density at radius 2 is 1.84 bits per heavy atom. The molecule has 1 amide bonds. The number of benzene rings is 2. The molecule has 0 aromatic heterocycles. The first kappa shape index (κ1) is 22.4. The summed E-state index contributed by atoms with van der Waals surface area (Å²) in [5.41, 5.74) is -3.06. The molecule has 0 aliphatic carbocycles. The molecule has 2 aromatic carbocycles. The summed E-state index contributed by atoms with van der Waals surface area (Å²) in [6, 6.07) is 8.42. The summed E-state index contributed by atoms with van der Waals surface area (Å²) in [6.45, 7) is 0. The summed E-state index contributed by atoms with van der Waals surface area (Å²) in [6.07, 6.45) is -2.03. The van der Waals surface area contributed by atoms with E-state index in [0.717, 1.165) is 30.5 Å². The monoisotopic (exact) mass is 473 g/mol. The number of non-ortho nitro benzene ring substituents is 1. The van der Waals surface area contributed by atoms with E-state index >= 15 is 0 Å². The Labute approximate surface area is 183 Å². The Balaban J connectivity index is 1.76. The lowest BCUT2D eigenvalue weighted by Crippen LogP contribution is -2.58. The molecule has 31 heavy (non-hydrogen) atoms. The Morgan fingerprint density at radius 3 is 2.39 bits per heavy atom. The van der Waals surface area contributed by atoms with Crippen molar-refractivity contribution in [2.45, 2.75) is 11.9 Å². The number of alkyl halides is 3. The molecule has 0 fully saturated rings. The van der Waals surface area contributed by atoms with Gasteiger partial charge in [0.15, 0.2) is 0 Å². The van der Waals surface area contributed by atoms with Crippen LogP contribution in [0.5, 0.6) is 5.75 Å². The fourth-order valence-corrected chi connectivity index (χ4v) is 2.88. The van der Waals surface area contributed by atoms with E-state index in [1.807, 2.05) is 0 Å². The Bertz CT molecular complexity index is 1090. The lowest BCUT2D eigenvalue weighted by Gasteiger charge is -2.35. The van der Waals surface area contributed by atoms with Crippen LogP contribution in [0.3, 0.4) is 0 Å². The van der Waals surface area contributed by atoms with E-state index in [0.29, 0.717) is 0 Å². The summed E-state index contributed by atoms with van der Waals surface area (Å²) in [4.78, 5) is 22.6. The number of nitro benzene ring substituents is 1. The van der Waals surface area contributed by atoms with Gasteiger partial charge in [0, 0.05) is 24.0 Å². The number of ether oxygens (including phenoxy) is 1. The predicted octanol–water partition coefficient (Wildman–Crippen LogP) is 5.38. The predicted molar refractivity (Wildman–Crippen MR) is 108 cm³/mol. The van der Waals surface area contributed by atoms with Crippen LogP contribution in [0, 0.1) is 10.1 Å². The van der Waals surface area contributed by atoms with Gasteiger partial charge in [-0.2, -0.15) is 13.2 Å². The van der Waals surface area contributed by atoms with E-state index in [2.05, 4.69) is 10.6 Å². The highest BCUT2D eigenvalue weighted by atomic mass is 35.5. The average Bonchev–Trinajstić information content (AvgIpc) is 2.70. The van der Waals surface area contributed by atoms with E-state index in [9.17, 15) is 28.1 Å². The van der Waals surface area contributed by atoms with Crippen molar-refractivity contribution < 1.29 is 27.6 Å². The minimum atomic E-state index is -4.80. The van der Waals surface area contributed by atoms with Crippen LogP contribution in [0.4, 0.5) is 24.5 Å². The summed E-state index contributed by atoms with van der Waals surface area (Å²) < 4.78 is 45.8. The first-order valence-electron chi connectivity index (χ1n) is 8.44. The van der Waals surface area contributed by atoms with Crippen molar-refractivity contribution in [2.75, 3.05) is 5.32 Å². The topological polar surface area (TPSA) is 93.5 Å².